The Bertz CT molecular complexity index is 739. The number of carbonyl (C=O) groups excluding carboxylic acids is 1. The van der Waals surface area contributed by atoms with E-state index >= 15 is 0 Å². The molecule has 0 bridgehead atoms. The first-order chi connectivity index (χ1) is 14.6. The summed E-state index contributed by atoms with van der Waals surface area (Å²) < 4.78 is 30.4. The molecule has 0 aromatic heterocycles. The largest absolute Gasteiger partial charge is 0.463 e. The molecule has 1 saturated carbocycles. The van der Waals surface area contributed by atoms with Crippen LogP contribution < -0.4 is 0 Å². The van der Waals surface area contributed by atoms with Crippen molar-refractivity contribution in [1.29, 1.82) is 0 Å². The third-order valence-electron chi connectivity index (χ3n) is 6.10. The first kappa shape index (κ1) is 21.5. The van der Waals surface area contributed by atoms with Crippen LogP contribution in [-0.4, -0.2) is 43.0 Å². The summed E-state index contributed by atoms with van der Waals surface area (Å²) in [5.41, 5.74) is 1.68. The van der Waals surface area contributed by atoms with Gasteiger partial charge in [0.1, 0.15) is 12.2 Å². The average Bonchev–Trinajstić information content (AvgIpc) is 3.25. The maximum absolute atomic E-state index is 11.9. The van der Waals surface area contributed by atoms with Gasteiger partial charge in [0.05, 0.1) is 19.3 Å². The normalized spacial score (nSPS) is 30.4. The van der Waals surface area contributed by atoms with Crippen LogP contribution in [0.1, 0.15) is 57.9 Å². The third-order valence-corrected chi connectivity index (χ3v) is 6.10. The Hall–Kier alpha value is -1.73. The Morgan fingerprint density at radius 2 is 1.93 bits per heavy atom. The summed E-state index contributed by atoms with van der Waals surface area (Å²) in [5, 5.41) is 0. The van der Waals surface area contributed by atoms with E-state index in [1.54, 1.807) is 13.8 Å². The van der Waals surface area contributed by atoms with Gasteiger partial charge in [0, 0.05) is 18.4 Å². The summed E-state index contributed by atoms with van der Waals surface area (Å²) in [6, 6.07) is 10.1. The fraction of sp³-hybridized carbons (Fsp3) is 0.625. The van der Waals surface area contributed by atoms with Crippen molar-refractivity contribution in [1.82, 2.24) is 0 Å². The zero-order chi connectivity index (χ0) is 21.0. The second kappa shape index (κ2) is 9.60. The number of ether oxygens (including phenoxy) is 5. The number of hydrogen-bond acceptors (Lipinski definition) is 6. The van der Waals surface area contributed by atoms with Crippen molar-refractivity contribution >= 4 is 5.97 Å². The molecule has 2 aliphatic heterocycles. The van der Waals surface area contributed by atoms with Crippen molar-refractivity contribution in [2.45, 2.75) is 89.4 Å². The standard InChI is InChI=1S/C24H32O6/c1-3-26-22(25)17(2)12-13-19-20(27-16-18-10-6-4-7-11-18)21-23(28-19)30-24(29-21)14-8-5-9-15-24/h4,6-7,10-12,19-21,23H,3,5,8-9,13-16H2,1-2H3/b17-12+/t19-,20+,21-,23-/m1/s1. The van der Waals surface area contributed by atoms with E-state index in [1.165, 1.54) is 6.42 Å². The molecule has 6 heteroatoms. The zero-order valence-electron chi connectivity index (χ0n) is 17.9. The second-order valence-corrected chi connectivity index (χ2v) is 8.32. The summed E-state index contributed by atoms with van der Waals surface area (Å²) in [5.74, 6) is -0.824. The van der Waals surface area contributed by atoms with Crippen molar-refractivity contribution < 1.29 is 28.5 Å². The van der Waals surface area contributed by atoms with Gasteiger partial charge >= 0.3 is 5.97 Å². The molecule has 0 radical (unpaired) electrons. The predicted molar refractivity (Wildman–Crippen MR) is 110 cm³/mol. The minimum Gasteiger partial charge on any atom is -0.463 e. The number of rotatable bonds is 7. The van der Waals surface area contributed by atoms with Crippen molar-refractivity contribution in [2.24, 2.45) is 0 Å². The number of carbonyl (C=O) groups is 1. The van der Waals surface area contributed by atoms with Gasteiger partial charge in [0.2, 0.25) is 0 Å². The van der Waals surface area contributed by atoms with Crippen molar-refractivity contribution in [3.05, 3.63) is 47.5 Å². The molecule has 0 N–H and O–H groups in total. The van der Waals surface area contributed by atoms with Gasteiger partial charge in [0.15, 0.2) is 12.1 Å². The highest BCUT2D eigenvalue weighted by Crippen LogP contribution is 2.46. The number of hydrogen-bond donors (Lipinski definition) is 0. The SMILES string of the molecule is CCOC(=O)/C(C)=C/C[C@H]1O[C@@H]2OC3(CCCCC3)O[C@@H]2[C@H]1OCc1ccccc1. The van der Waals surface area contributed by atoms with Gasteiger partial charge in [-0.3, -0.25) is 0 Å². The monoisotopic (exact) mass is 416 g/mol. The van der Waals surface area contributed by atoms with E-state index in [4.69, 9.17) is 23.7 Å². The summed E-state index contributed by atoms with van der Waals surface area (Å²) in [6.07, 6.45) is 6.46. The lowest BCUT2D eigenvalue weighted by molar-refractivity contribution is -0.248. The van der Waals surface area contributed by atoms with Gasteiger partial charge in [-0.2, -0.15) is 0 Å². The maximum atomic E-state index is 11.9. The van der Waals surface area contributed by atoms with Gasteiger partial charge in [-0.15, -0.1) is 0 Å². The highest BCUT2D eigenvalue weighted by atomic mass is 16.8. The minimum atomic E-state index is -0.524. The molecule has 4 atom stereocenters. The first-order valence-electron chi connectivity index (χ1n) is 11.1. The summed E-state index contributed by atoms with van der Waals surface area (Å²) in [6.45, 7) is 4.40. The molecule has 6 nitrogen and oxygen atoms in total. The van der Waals surface area contributed by atoms with E-state index in [9.17, 15) is 4.79 Å². The molecule has 1 aromatic carbocycles. The highest BCUT2D eigenvalue weighted by molar-refractivity contribution is 5.87. The van der Waals surface area contributed by atoms with Crippen LogP contribution in [0.5, 0.6) is 0 Å². The zero-order valence-corrected chi connectivity index (χ0v) is 17.9. The molecular weight excluding hydrogens is 384 g/mol. The quantitative estimate of drug-likeness (QED) is 0.489. The molecule has 0 unspecified atom stereocenters. The fourth-order valence-corrected chi connectivity index (χ4v) is 4.50. The van der Waals surface area contributed by atoms with E-state index in [-0.39, 0.29) is 24.3 Å². The highest BCUT2D eigenvalue weighted by Gasteiger charge is 2.58. The molecule has 1 aliphatic carbocycles. The molecule has 1 aromatic rings. The summed E-state index contributed by atoms with van der Waals surface area (Å²) >= 11 is 0. The number of benzene rings is 1. The lowest BCUT2D eigenvalue weighted by Crippen LogP contribution is -2.39. The third kappa shape index (κ3) is 4.78. The van der Waals surface area contributed by atoms with Gasteiger partial charge in [0.25, 0.3) is 0 Å². The first-order valence-corrected chi connectivity index (χ1v) is 11.1. The van der Waals surface area contributed by atoms with Crippen LogP contribution in [0.25, 0.3) is 0 Å². The number of esters is 1. The molecule has 30 heavy (non-hydrogen) atoms. The fourth-order valence-electron chi connectivity index (χ4n) is 4.50. The van der Waals surface area contributed by atoms with E-state index in [2.05, 4.69) is 0 Å². The maximum Gasteiger partial charge on any atom is 0.333 e. The van der Waals surface area contributed by atoms with Crippen LogP contribution in [0.15, 0.2) is 42.0 Å². The van der Waals surface area contributed by atoms with Gasteiger partial charge < -0.3 is 23.7 Å². The summed E-state index contributed by atoms with van der Waals surface area (Å²) in [4.78, 5) is 11.9. The van der Waals surface area contributed by atoms with Crippen molar-refractivity contribution in [3.8, 4) is 0 Å². The Morgan fingerprint density at radius 1 is 1.17 bits per heavy atom. The van der Waals surface area contributed by atoms with Crippen molar-refractivity contribution in [3.63, 3.8) is 0 Å². The van der Waals surface area contributed by atoms with Crippen LogP contribution >= 0.6 is 0 Å². The molecule has 2 saturated heterocycles. The van der Waals surface area contributed by atoms with E-state index in [0.717, 1.165) is 31.2 Å². The molecule has 0 amide bonds. The van der Waals surface area contributed by atoms with Crippen LogP contribution in [-0.2, 0) is 35.1 Å². The van der Waals surface area contributed by atoms with E-state index < -0.39 is 12.1 Å². The molecular formula is C24H32O6. The van der Waals surface area contributed by atoms with Crippen LogP contribution in [0, 0.1) is 0 Å². The number of fused-ring (bicyclic) bond motifs is 1. The van der Waals surface area contributed by atoms with E-state index in [0.29, 0.717) is 25.2 Å². The molecule has 2 heterocycles. The average molecular weight is 417 g/mol. The van der Waals surface area contributed by atoms with Crippen molar-refractivity contribution in [2.75, 3.05) is 6.61 Å². The Labute approximate surface area is 178 Å². The van der Waals surface area contributed by atoms with Gasteiger partial charge in [-0.05, 0) is 38.7 Å². The minimum absolute atomic E-state index is 0.242. The second-order valence-electron chi connectivity index (χ2n) is 8.32. The van der Waals surface area contributed by atoms with Gasteiger partial charge in [-0.25, -0.2) is 4.79 Å². The molecule has 3 fully saturated rings. The van der Waals surface area contributed by atoms with E-state index in [1.807, 2.05) is 36.4 Å². The molecule has 1 spiro atoms. The predicted octanol–water partition coefficient (Wildman–Crippen LogP) is 4.27. The van der Waals surface area contributed by atoms with Gasteiger partial charge in [-0.1, -0.05) is 42.8 Å². The molecule has 4 rings (SSSR count). The lowest BCUT2D eigenvalue weighted by atomic mass is 9.94. The summed E-state index contributed by atoms with van der Waals surface area (Å²) in [7, 11) is 0. The van der Waals surface area contributed by atoms with Crippen LogP contribution in [0.4, 0.5) is 0 Å². The Balaban J connectivity index is 1.45. The lowest BCUT2D eigenvalue weighted by Gasteiger charge is -2.34. The Morgan fingerprint density at radius 3 is 2.67 bits per heavy atom. The Kier molecular flexibility index (Phi) is 6.88. The molecule has 3 aliphatic rings. The topological polar surface area (TPSA) is 63.2 Å². The smallest absolute Gasteiger partial charge is 0.333 e. The molecule has 164 valence electrons. The van der Waals surface area contributed by atoms with Crippen LogP contribution in [0.3, 0.4) is 0 Å². The van der Waals surface area contributed by atoms with Crippen LogP contribution in [0.2, 0.25) is 0 Å².